The van der Waals surface area contributed by atoms with Crippen LogP contribution in [0.1, 0.15) is 79.1 Å². The van der Waals surface area contributed by atoms with Crippen molar-refractivity contribution in [3.63, 3.8) is 0 Å². The van der Waals surface area contributed by atoms with E-state index in [4.69, 9.17) is 18.9 Å². The first kappa shape index (κ1) is 67.5. The molecule has 0 saturated heterocycles. The Morgan fingerprint density at radius 2 is 0.833 bits per heavy atom. The van der Waals surface area contributed by atoms with E-state index in [2.05, 4.69) is 164 Å². The smallest absolute Gasteiger partial charge is 0.0704 e. The lowest BCUT2D eigenvalue weighted by Gasteiger charge is -2.27. The summed E-state index contributed by atoms with van der Waals surface area (Å²) in [7, 11) is 19.0. The minimum atomic E-state index is 0.246. The van der Waals surface area contributed by atoms with Gasteiger partial charge in [0.15, 0.2) is 0 Å². The fourth-order valence-corrected chi connectivity index (χ4v) is 5.84. The maximum Gasteiger partial charge on any atom is 0.0704 e. The van der Waals surface area contributed by atoms with Crippen molar-refractivity contribution in [2.45, 2.75) is 85.2 Å². The highest BCUT2D eigenvalue weighted by molar-refractivity contribution is 5.14. The van der Waals surface area contributed by atoms with Crippen molar-refractivity contribution in [1.82, 2.24) is 29.4 Å². The molecule has 0 radical (unpaired) electrons. The molecule has 0 aliphatic rings. The molecular formula is C56H106N6O4. The second-order valence-electron chi connectivity index (χ2n) is 18.7. The summed E-state index contributed by atoms with van der Waals surface area (Å²) in [5, 5.41) is 0. The third-order valence-corrected chi connectivity index (χ3v) is 10.3. The molecule has 0 saturated carbocycles. The van der Waals surface area contributed by atoms with Gasteiger partial charge in [-0.1, -0.05) is 109 Å². The van der Waals surface area contributed by atoms with Crippen LogP contribution in [-0.2, 0) is 18.9 Å². The number of allylic oxidation sites excluding steroid dienone is 9. The molecule has 0 amide bonds. The van der Waals surface area contributed by atoms with Crippen LogP contribution in [0.5, 0.6) is 0 Å². The van der Waals surface area contributed by atoms with Gasteiger partial charge < -0.3 is 48.3 Å². The molecule has 0 N–H and O–H groups in total. The fourth-order valence-electron chi connectivity index (χ4n) is 5.84. The molecule has 0 aromatic carbocycles. The number of likely N-dealkylation sites (N-methyl/N-ethyl adjacent to an activating group) is 3. The van der Waals surface area contributed by atoms with E-state index >= 15 is 0 Å². The lowest BCUT2D eigenvalue weighted by molar-refractivity contribution is 0.0494. The Morgan fingerprint density at radius 3 is 1.24 bits per heavy atom. The van der Waals surface area contributed by atoms with Crippen LogP contribution >= 0.6 is 0 Å². The van der Waals surface area contributed by atoms with Crippen LogP contribution in [0.25, 0.3) is 0 Å². The van der Waals surface area contributed by atoms with Gasteiger partial charge in [-0.05, 0) is 169 Å². The molecule has 0 aliphatic carbocycles. The van der Waals surface area contributed by atoms with Crippen molar-refractivity contribution in [1.29, 1.82) is 0 Å². The summed E-state index contributed by atoms with van der Waals surface area (Å²) in [6.45, 7) is 46.1. The molecule has 0 aliphatic heterocycles. The summed E-state index contributed by atoms with van der Waals surface area (Å²) < 4.78 is 22.8. The van der Waals surface area contributed by atoms with Gasteiger partial charge in [-0.25, -0.2) is 0 Å². The zero-order chi connectivity index (χ0) is 50.5. The van der Waals surface area contributed by atoms with Crippen molar-refractivity contribution in [2.24, 2.45) is 0 Å². The van der Waals surface area contributed by atoms with Crippen molar-refractivity contribution >= 4 is 0 Å². The van der Waals surface area contributed by atoms with E-state index in [-0.39, 0.29) is 6.10 Å². The second kappa shape index (κ2) is 47.3. The molecule has 1 atom stereocenters. The van der Waals surface area contributed by atoms with Crippen LogP contribution in [-0.4, -0.2) is 204 Å². The molecule has 66 heavy (non-hydrogen) atoms. The zero-order valence-corrected chi connectivity index (χ0v) is 45.6. The van der Waals surface area contributed by atoms with Gasteiger partial charge in [0.25, 0.3) is 0 Å². The first-order chi connectivity index (χ1) is 31.2. The van der Waals surface area contributed by atoms with E-state index in [1.165, 1.54) is 29.6 Å². The lowest BCUT2D eigenvalue weighted by atomic mass is 10.1. The normalized spacial score (nSPS) is 12.7. The quantitative estimate of drug-likeness (QED) is 0.0337. The number of rotatable bonds is 41. The summed E-state index contributed by atoms with van der Waals surface area (Å²) in [6.07, 6.45) is 20.7. The molecule has 10 nitrogen and oxygen atoms in total. The van der Waals surface area contributed by atoms with Gasteiger partial charge in [0, 0.05) is 32.7 Å². The molecule has 0 aromatic heterocycles. The van der Waals surface area contributed by atoms with Crippen LogP contribution in [0.2, 0.25) is 0 Å². The standard InChI is InChI=1S/C23H45N3O.C17H32N2O.C16H29NO2/c1-9-21(2)13-10-14-22(3)20-27-23(4)19-26(17-11-15-24(5)6)18-12-16-25(7)8;1-7-16(2)9-8-10-17(3)15-20-14-13-19(6)12-11-18(4)5;1-6-15(2)8-7-9-16(3)14-19-13-12-18-11-10-17(4)5/h9,14,23H,1-2,10-13,15-20H2,3-8H3;7,10H,1-2,8-9,11-15H2,3-6H3;6,9H,1-2,7-8,10-14H2,3-5H3/b22-14-;17-10-;16-9-. The van der Waals surface area contributed by atoms with E-state index in [0.717, 1.165) is 134 Å². The minimum Gasteiger partial charge on any atom is -0.378 e. The molecule has 10 heteroatoms. The van der Waals surface area contributed by atoms with Crippen LogP contribution in [0.3, 0.4) is 0 Å². The largest absolute Gasteiger partial charge is 0.378 e. The Morgan fingerprint density at radius 1 is 0.455 bits per heavy atom. The Balaban J connectivity index is -0.000000921. The summed E-state index contributed by atoms with van der Waals surface area (Å²) in [5.41, 5.74) is 7.12. The summed E-state index contributed by atoms with van der Waals surface area (Å²) in [4.78, 5) is 13.7. The van der Waals surface area contributed by atoms with E-state index in [1.54, 1.807) is 0 Å². The Labute approximate surface area is 410 Å². The summed E-state index contributed by atoms with van der Waals surface area (Å²) in [5.74, 6) is 0. The topological polar surface area (TPSA) is 56.4 Å². The molecule has 1 unspecified atom stereocenters. The number of hydrogen-bond donors (Lipinski definition) is 0. The van der Waals surface area contributed by atoms with E-state index in [9.17, 15) is 0 Å². The monoisotopic (exact) mass is 927 g/mol. The van der Waals surface area contributed by atoms with E-state index in [0.29, 0.717) is 26.4 Å². The van der Waals surface area contributed by atoms with Crippen molar-refractivity contribution in [2.75, 3.05) is 169 Å². The molecule has 0 bridgehead atoms. The van der Waals surface area contributed by atoms with Gasteiger partial charge in [0.1, 0.15) is 0 Å². The van der Waals surface area contributed by atoms with Crippen LogP contribution < -0.4 is 0 Å². The highest BCUT2D eigenvalue weighted by atomic mass is 16.5. The molecule has 0 fully saturated rings. The predicted octanol–water partition coefficient (Wildman–Crippen LogP) is 10.1. The van der Waals surface area contributed by atoms with Crippen molar-refractivity contribution in [3.8, 4) is 0 Å². The average Bonchev–Trinajstić information content (AvgIpc) is 3.25. The minimum absolute atomic E-state index is 0.246. The van der Waals surface area contributed by atoms with Crippen molar-refractivity contribution < 1.29 is 18.9 Å². The van der Waals surface area contributed by atoms with Crippen molar-refractivity contribution in [3.05, 3.63) is 109 Å². The fraction of sp³-hybridized carbons (Fsp3) is 0.679. The molecule has 0 spiro atoms. The maximum absolute atomic E-state index is 6.10. The predicted molar refractivity (Wildman–Crippen MR) is 292 cm³/mol. The molecule has 384 valence electrons. The Hall–Kier alpha value is -2.74. The SMILES string of the molecule is C=CC(=C)CC/C=C(/C)COC(C)CN(CCCN(C)C)CCCN(C)C.C=CC(=C)CC/C=C(/C)COCCN(C)CCN(C)C.C=CC(=C)CC/C=C(/C)COCCOCCN(C)C. The molecule has 0 heterocycles. The van der Waals surface area contributed by atoms with Gasteiger partial charge in [0.05, 0.1) is 52.4 Å². The third-order valence-electron chi connectivity index (χ3n) is 10.3. The highest BCUT2D eigenvalue weighted by Crippen LogP contribution is 2.10. The average molecular weight is 928 g/mol. The number of ether oxygens (including phenoxy) is 4. The highest BCUT2D eigenvalue weighted by Gasteiger charge is 2.11. The number of nitrogens with zero attached hydrogens (tertiary/aromatic N) is 6. The Bertz CT molecular complexity index is 1320. The van der Waals surface area contributed by atoms with Gasteiger partial charge in [0.2, 0.25) is 0 Å². The van der Waals surface area contributed by atoms with Gasteiger partial charge in [-0.2, -0.15) is 0 Å². The van der Waals surface area contributed by atoms with E-state index < -0.39 is 0 Å². The zero-order valence-electron chi connectivity index (χ0n) is 45.6. The van der Waals surface area contributed by atoms with Gasteiger partial charge in [-0.3, -0.25) is 0 Å². The Kier molecular flexibility index (Phi) is 48.4. The first-order valence-electron chi connectivity index (χ1n) is 24.5. The van der Waals surface area contributed by atoms with E-state index in [1.807, 2.05) is 32.3 Å². The van der Waals surface area contributed by atoms with Crippen LogP contribution in [0.4, 0.5) is 0 Å². The second-order valence-corrected chi connectivity index (χ2v) is 18.7. The number of hydrogen-bond acceptors (Lipinski definition) is 10. The molecule has 0 rings (SSSR count). The summed E-state index contributed by atoms with van der Waals surface area (Å²) >= 11 is 0. The summed E-state index contributed by atoms with van der Waals surface area (Å²) in [6, 6.07) is 0. The van der Waals surface area contributed by atoms with Crippen LogP contribution in [0.15, 0.2) is 109 Å². The van der Waals surface area contributed by atoms with Gasteiger partial charge >= 0.3 is 0 Å². The lowest BCUT2D eigenvalue weighted by Crippen LogP contribution is -2.36. The molecular weight excluding hydrogens is 821 g/mol. The van der Waals surface area contributed by atoms with Crippen LogP contribution in [0, 0.1) is 0 Å². The third kappa shape index (κ3) is 53.9. The van der Waals surface area contributed by atoms with Gasteiger partial charge in [-0.15, -0.1) is 0 Å². The maximum atomic E-state index is 6.10. The first-order valence-corrected chi connectivity index (χ1v) is 24.5. The molecule has 0 aromatic rings.